The van der Waals surface area contributed by atoms with Gasteiger partial charge in [0.2, 0.25) is 0 Å². The lowest BCUT2D eigenvalue weighted by Crippen LogP contribution is -2.46. The minimum atomic E-state index is -0.396. The molecular weight excluding hydrogens is 264 g/mol. The standard InChI is InChI=1S/C17H32N2O2/c1-16(2,3)21-15(20)19-12-9-17(10-13-19)7-4-14(5-8-17)6-11-18/h14H,4-13,18H2,1-3H3. The lowest BCUT2D eigenvalue weighted by molar-refractivity contribution is 0.00123. The summed E-state index contributed by atoms with van der Waals surface area (Å²) in [5.41, 5.74) is 5.77. The molecule has 0 aromatic rings. The molecule has 1 saturated carbocycles. The molecule has 1 spiro atoms. The van der Waals surface area contributed by atoms with Gasteiger partial charge in [-0.3, -0.25) is 0 Å². The van der Waals surface area contributed by atoms with Crippen LogP contribution in [-0.2, 0) is 4.74 Å². The van der Waals surface area contributed by atoms with Crippen LogP contribution in [0.4, 0.5) is 4.79 Å². The van der Waals surface area contributed by atoms with Gasteiger partial charge in [-0.1, -0.05) is 0 Å². The fraction of sp³-hybridized carbons (Fsp3) is 0.941. The lowest BCUT2D eigenvalue weighted by atomic mass is 9.65. The van der Waals surface area contributed by atoms with Gasteiger partial charge < -0.3 is 15.4 Å². The van der Waals surface area contributed by atoms with Crippen LogP contribution in [0.25, 0.3) is 0 Å². The first-order valence-electron chi connectivity index (χ1n) is 8.52. The Morgan fingerprint density at radius 3 is 2.24 bits per heavy atom. The van der Waals surface area contributed by atoms with Crippen LogP contribution in [0.1, 0.15) is 65.7 Å². The van der Waals surface area contributed by atoms with Crippen LogP contribution >= 0.6 is 0 Å². The molecule has 0 unspecified atom stereocenters. The predicted molar refractivity (Wildman–Crippen MR) is 85.1 cm³/mol. The van der Waals surface area contributed by atoms with E-state index >= 15 is 0 Å². The minimum absolute atomic E-state index is 0.144. The molecule has 4 nitrogen and oxygen atoms in total. The number of nitrogens with zero attached hydrogens (tertiary/aromatic N) is 1. The van der Waals surface area contributed by atoms with Crippen molar-refractivity contribution in [3.05, 3.63) is 0 Å². The van der Waals surface area contributed by atoms with E-state index in [4.69, 9.17) is 10.5 Å². The summed E-state index contributed by atoms with van der Waals surface area (Å²) in [4.78, 5) is 14.0. The normalized spacial score (nSPS) is 23.3. The van der Waals surface area contributed by atoms with Gasteiger partial charge in [0.25, 0.3) is 0 Å². The zero-order valence-corrected chi connectivity index (χ0v) is 14.0. The highest BCUT2D eigenvalue weighted by atomic mass is 16.6. The van der Waals surface area contributed by atoms with Crippen LogP contribution < -0.4 is 5.73 Å². The average molecular weight is 296 g/mol. The second-order valence-corrected chi connectivity index (χ2v) is 7.99. The van der Waals surface area contributed by atoms with E-state index in [9.17, 15) is 4.79 Å². The van der Waals surface area contributed by atoms with E-state index in [1.807, 2.05) is 25.7 Å². The molecule has 0 aromatic carbocycles. The molecule has 122 valence electrons. The van der Waals surface area contributed by atoms with Crippen molar-refractivity contribution in [1.82, 2.24) is 4.90 Å². The molecule has 21 heavy (non-hydrogen) atoms. The highest BCUT2D eigenvalue weighted by molar-refractivity contribution is 5.68. The number of likely N-dealkylation sites (tertiary alicyclic amines) is 1. The zero-order chi connectivity index (χ0) is 15.5. The summed E-state index contributed by atoms with van der Waals surface area (Å²) in [5, 5.41) is 0. The number of piperidine rings is 1. The summed E-state index contributed by atoms with van der Waals surface area (Å²) in [6, 6.07) is 0. The van der Waals surface area contributed by atoms with Crippen molar-refractivity contribution >= 4 is 6.09 Å². The summed E-state index contributed by atoms with van der Waals surface area (Å²) in [5.74, 6) is 0.838. The maximum atomic E-state index is 12.1. The Hall–Kier alpha value is -0.770. The first-order chi connectivity index (χ1) is 9.84. The molecule has 1 aliphatic carbocycles. The predicted octanol–water partition coefficient (Wildman–Crippen LogP) is 3.54. The Labute approximate surface area is 129 Å². The molecule has 2 aliphatic rings. The second kappa shape index (κ2) is 6.55. The summed E-state index contributed by atoms with van der Waals surface area (Å²) < 4.78 is 5.48. The van der Waals surface area contributed by atoms with E-state index in [-0.39, 0.29) is 6.09 Å². The number of carbonyl (C=O) groups excluding carboxylic acids is 1. The number of ether oxygens (including phenoxy) is 1. The number of hydrogen-bond donors (Lipinski definition) is 1. The van der Waals surface area contributed by atoms with Crippen molar-refractivity contribution in [2.24, 2.45) is 17.1 Å². The molecule has 1 heterocycles. The number of carbonyl (C=O) groups is 1. The van der Waals surface area contributed by atoms with Crippen molar-refractivity contribution in [3.8, 4) is 0 Å². The Morgan fingerprint density at radius 1 is 1.19 bits per heavy atom. The van der Waals surface area contributed by atoms with Gasteiger partial charge in [-0.2, -0.15) is 0 Å². The van der Waals surface area contributed by atoms with Gasteiger partial charge in [-0.05, 0) is 83.6 Å². The number of nitrogens with two attached hydrogens (primary N) is 1. The van der Waals surface area contributed by atoms with Crippen LogP contribution in [0.5, 0.6) is 0 Å². The molecule has 1 aliphatic heterocycles. The molecule has 4 heteroatoms. The molecule has 2 N–H and O–H groups in total. The van der Waals surface area contributed by atoms with Gasteiger partial charge in [-0.15, -0.1) is 0 Å². The first-order valence-corrected chi connectivity index (χ1v) is 8.52. The zero-order valence-electron chi connectivity index (χ0n) is 14.0. The van der Waals surface area contributed by atoms with Crippen molar-refractivity contribution in [2.45, 2.75) is 71.3 Å². The molecular formula is C17H32N2O2. The van der Waals surface area contributed by atoms with Gasteiger partial charge in [0.05, 0.1) is 0 Å². The second-order valence-electron chi connectivity index (χ2n) is 7.99. The molecule has 0 atom stereocenters. The van der Waals surface area contributed by atoms with E-state index < -0.39 is 5.60 Å². The Morgan fingerprint density at radius 2 is 1.76 bits per heavy atom. The van der Waals surface area contributed by atoms with Crippen LogP contribution in [0.3, 0.4) is 0 Å². The van der Waals surface area contributed by atoms with Crippen molar-refractivity contribution < 1.29 is 9.53 Å². The molecule has 0 bridgehead atoms. The number of amides is 1. The monoisotopic (exact) mass is 296 g/mol. The quantitative estimate of drug-likeness (QED) is 0.848. The number of rotatable bonds is 2. The highest BCUT2D eigenvalue weighted by Gasteiger charge is 2.39. The SMILES string of the molecule is CC(C)(C)OC(=O)N1CCC2(CCC(CCN)CC2)CC1. The van der Waals surface area contributed by atoms with Crippen LogP contribution in [0.2, 0.25) is 0 Å². The Kier molecular flexibility index (Phi) is 5.18. The van der Waals surface area contributed by atoms with Gasteiger partial charge in [0.1, 0.15) is 5.60 Å². The van der Waals surface area contributed by atoms with Crippen LogP contribution in [0, 0.1) is 11.3 Å². The van der Waals surface area contributed by atoms with E-state index in [2.05, 4.69) is 0 Å². The highest BCUT2D eigenvalue weighted by Crippen LogP contribution is 2.46. The third kappa shape index (κ3) is 4.60. The summed E-state index contributed by atoms with van der Waals surface area (Å²) in [6.07, 6.45) is 8.60. The first kappa shape index (κ1) is 16.6. The molecule has 1 saturated heterocycles. The van der Waals surface area contributed by atoms with Gasteiger partial charge in [0.15, 0.2) is 0 Å². The summed E-state index contributed by atoms with van der Waals surface area (Å²) in [7, 11) is 0. The van der Waals surface area contributed by atoms with Crippen molar-refractivity contribution in [1.29, 1.82) is 0 Å². The molecule has 0 aromatic heterocycles. The van der Waals surface area contributed by atoms with E-state index in [0.29, 0.717) is 5.41 Å². The topological polar surface area (TPSA) is 55.6 Å². The fourth-order valence-corrected chi connectivity index (χ4v) is 3.80. The maximum Gasteiger partial charge on any atom is 0.410 e. The Balaban J connectivity index is 1.79. The minimum Gasteiger partial charge on any atom is -0.444 e. The molecule has 0 radical (unpaired) electrons. The van der Waals surface area contributed by atoms with Crippen molar-refractivity contribution in [2.75, 3.05) is 19.6 Å². The number of hydrogen-bond acceptors (Lipinski definition) is 3. The third-order valence-corrected chi connectivity index (χ3v) is 5.22. The lowest BCUT2D eigenvalue weighted by Gasteiger charge is -2.46. The summed E-state index contributed by atoms with van der Waals surface area (Å²) >= 11 is 0. The van der Waals surface area contributed by atoms with Gasteiger partial charge in [-0.25, -0.2) is 4.79 Å². The third-order valence-electron chi connectivity index (χ3n) is 5.22. The van der Waals surface area contributed by atoms with Crippen LogP contribution in [0.15, 0.2) is 0 Å². The average Bonchev–Trinajstić information content (AvgIpc) is 2.41. The smallest absolute Gasteiger partial charge is 0.410 e. The van der Waals surface area contributed by atoms with E-state index in [0.717, 1.165) is 38.4 Å². The fourth-order valence-electron chi connectivity index (χ4n) is 3.80. The van der Waals surface area contributed by atoms with Gasteiger partial charge >= 0.3 is 6.09 Å². The van der Waals surface area contributed by atoms with Crippen molar-refractivity contribution in [3.63, 3.8) is 0 Å². The maximum absolute atomic E-state index is 12.1. The molecule has 2 fully saturated rings. The van der Waals surface area contributed by atoms with E-state index in [1.165, 1.54) is 32.1 Å². The molecule has 2 rings (SSSR count). The summed E-state index contributed by atoms with van der Waals surface area (Å²) in [6.45, 7) is 8.32. The molecule has 1 amide bonds. The van der Waals surface area contributed by atoms with E-state index in [1.54, 1.807) is 0 Å². The van der Waals surface area contributed by atoms with Gasteiger partial charge in [0, 0.05) is 13.1 Å². The van der Waals surface area contributed by atoms with Crippen LogP contribution in [-0.4, -0.2) is 36.2 Å². The Bertz CT molecular complexity index is 344. The largest absolute Gasteiger partial charge is 0.444 e.